The molecule has 14 heteroatoms. The van der Waals surface area contributed by atoms with Crippen LogP contribution in [-0.2, 0) is 40.5 Å². The first kappa shape index (κ1) is 48.3. The number of hydrogen-bond donors (Lipinski definition) is 6. The molecule has 6 N–H and O–H groups in total. The highest BCUT2D eigenvalue weighted by atomic mass is 16.5. The van der Waals surface area contributed by atoms with E-state index >= 15 is 0 Å². The molecular formula is C43H66N6O8. The molecule has 0 bridgehead atoms. The summed E-state index contributed by atoms with van der Waals surface area (Å²) < 4.78 is 4.68. The fourth-order valence-corrected chi connectivity index (χ4v) is 6.16. The summed E-state index contributed by atoms with van der Waals surface area (Å²) in [6, 6.07) is 10.8. The van der Waals surface area contributed by atoms with Crippen LogP contribution in [0.15, 0.2) is 54.6 Å². The fourth-order valence-electron chi connectivity index (χ4n) is 6.16. The van der Waals surface area contributed by atoms with E-state index in [9.17, 15) is 33.9 Å². The Labute approximate surface area is 338 Å². The normalized spacial score (nSPS) is 14.1. The van der Waals surface area contributed by atoms with E-state index in [1.54, 1.807) is 12.1 Å². The van der Waals surface area contributed by atoms with Crippen molar-refractivity contribution < 1.29 is 38.6 Å². The zero-order chi connectivity index (χ0) is 42.7. The van der Waals surface area contributed by atoms with Gasteiger partial charge in [0.25, 0.3) is 5.91 Å². The van der Waals surface area contributed by atoms with Crippen LogP contribution in [0.3, 0.4) is 0 Å². The molecule has 5 amide bonds. The lowest BCUT2D eigenvalue weighted by molar-refractivity contribution is -0.146. The van der Waals surface area contributed by atoms with Crippen molar-refractivity contribution in [3.8, 4) is 0 Å². The lowest BCUT2D eigenvalue weighted by atomic mass is 9.86. The van der Waals surface area contributed by atoms with Gasteiger partial charge in [0.2, 0.25) is 23.6 Å². The topological polar surface area (TPSA) is 195 Å². The van der Waals surface area contributed by atoms with Crippen molar-refractivity contribution in [3.63, 3.8) is 0 Å². The Morgan fingerprint density at radius 3 is 1.81 bits per heavy atom. The van der Waals surface area contributed by atoms with Gasteiger partial charge in [-0.15, -0.1) is 0 Å². The molecule has 2 aromatic carbocycles. The lowest BCUT2D eigenvalue weighted by Gasteiger charge is -2.27. The minimum Gasteiger partial charge on any atom is -0.467 e. The van der Waals surface area contributed by atoms with Crippen molar-refractivity contribution in [2.75, 3.05) is 33.4 Å². The molecular weight excluding hydrogens is 729 g/mol. The Hall–Kier alpha value is -4.82. The van der Waals surface area contributed by atoms with Crippen molar-refractivity contribution in [1.29, 1.82) is 0 Å². The van der Waals surface area contributed by atoms with Crippen molar-refractivity contribution in [1.82, 2.24) is 31.5 Å². The van der Waals surface area contributed by atoms with E-state index in [0.717, 1.165) is 44.3 Å². The van der Waals surface area contributed by atoms with Crippen LogP contribution in [0, 0.1) is 5.92 Å². The molecule has 1 unspecified atom stereocenters. The molecule has 5 atom stereocenters. The van der Waals surface area contributed by atoms with E-state index in [1.165, 1.54) is 6.92 Å². The Bertz CT molecular complexity index is 1590. The average Bonchev–Trinajstić information content (AvgIpc) is 3.18. The van der Waals surface area contributed by atoms with Crippen LogP contribution < -0.4 is 26.6 Å². The van der Waals surface area contributed by atoms with Crippen LogP contribution in [0.25, 0.3) is 0 Å². The number of aliphatic hydroxyl groups is 1. The van der Waals surface area contributed by atoms with Gasteiger partial charge in [-0.05, 0) is 86.8 Å². The lowest BCUT2D eigenvalue weighted by Crippen LogP contribution is -2.59. The zero-order valence-corrected chi connectivity index (χ0v) is 35.3. The Morgan fingerprint density at radius 2 is 1.26 bits per heavy atom. The summed E-state index contributed by atoms with van der Waals surface area (Å²) in [4.78, 5) is 82.3. The third-order valence-corrected chi connectivity index (χ3v) is 9.74. The predicted molar refractivity (Wildman–Crippen MR) is 220 cm³/mol. The summed E-state index contributed by atoms with van der Waals surface area (Å²) >= 11 is 0. The molecule has 2 aromatic rings. The summed E-state index contributed by atoms with van der Waals surface area (Å²) in [6.07, 6.45) is 1.94. The highest BCUT2D eigenvalue weighted by Crippen LogP contribution is 2.22. The second kappa shape index (κ2) is 24.1. The Morgan fingerprint density at radius 1 is 0.702 bits per heavy atom. The first-order valence-corrected chi connectivity index (χ1v) is 20.0. The second-order valence-corrected chi connectivity index (χ2v) is 15.8. The highest BCUT2D eigenvalue weighted by Gasteiger charge is 2.32. The number of nitrogens with one attached hydrogen (secondary N) is 5. The number of carbonyl (C=O) groups excluding carboxylic acids is 6. The maximum absolute atomic E-state index is 13.8. The number of unbranched alkanes of at least 4 members (excludes halogenated alkanes) is 1. The minimum atomic E-state index is -1.32. The van der Waals surface area contributed by atoms with E-state index in [1.807, 2.05) is 56.3 Å². The second-order valence-electron chi connectivity index (χ2n) is 15.8. The molecule has 57 heavy (non-hydrogen) atoms. The monoisotopic (exact) mass is 794 g/mol. The number of amides is 5. The maximum Gasteiger partial charge on any atom is 0.330 e. The van der Waals surface area contributed by atoms with Crippen LogP contribution in [0.4, 0.5) is 0 Å². The molecule has 0 heterocycles. The van der Waals surface area contributed by atoms with Crippen molar-refractivity contribution in [2.24, 2.45) is 5.92 Å². The van der Waals surface area contributed by atoms with Crippen LogP contribution in [0.2, 0.25) is 0 Å². The van der Waals surface area contributed by atoms with Gasteiger partial charge in [-0.1, -0.05) is 90.9 Å². The third-order valence-electron chi connectivity index (χ3n) is 9.74. The number of nitrogens with zero attached hydrogens (tertiary/aromatic N) is 1. The fraction of sp³-hybridized carbons (Fsp3) is 0.581. The van der Waals surface area contributed by atoms with E-state index in [-0.39, 0.29) is 30.6 Å². The quantitative estimate of drug-likeness (QED) is 0.0725. The third kappa shape index (κ3) is 16.7. The van der Waals surface area contributed by atoms with Gasteiger partial charge in [-0.3, -0.25) is 24.0 Å². The molecule has 2 rings (SSSR count). The van der Waals surface area contributed by atoms with Crippen molar-refractivity contribution in [2.45, 2.75) is 123 Å². The van der Waals surface area contributed by atoms with Gasteiger partial charge < -0.3 is 41.3 Å². The Kier molecular flexibility index (Phi) is 20.4. The van der Waals surface area contributed by atoms with Crippen molar-refractivity contribution in [3.05, 3.63) is 71.3 Å². The van der Waals surface area contributed by atoms with Gasteiger partial charge >= 0.3 is 5.97 Å². The number of ether oxygens (including phenoxy) is 1. The highest BCUT2D eigenvalue weighted by molar-refractivity contribution is 5.99. The Balaban J connectivity index is 2.23. The van der Waals surface area contributed by atoms with E-state index in [4.69, 9.17) is 0 Å². The van der Waals surface area contributed by atoms with Crippen LogP contribution in [0.1, 0.15) is 103 Å². The minimum absolute atomic E-state index is 0.0479. The van der Waals surface area contributed by atoms with Gasteiger partial charge in [-0.2, -0.15) is 0 Å². The number of esters is 1. The standard InChI is InChI=1S/C43H66N6O8/c1-10-49(11-2)24-16-15-19-33(39(53)48-36(27-50)42(56)57-9)45-41(55)34(25-28(3)4)46-37(51)29(5)44-40(54)35(26-30-17-13-12-14-18-30)47-38(52)31-20-22-32(23-21-31)43(6,7)8/h12-14,17-18,20-23,28-29,33-36,50H,10-11,15-16,19,24-27H2,1-9H3,(H,44,54)(H,45,55)(H,46,51)(H,47,52)(H,48,53)/t29-,33-,34-,35-,36?/m0/s1. The molecule has 316 valence electrons. The molecule has 0 aliphatic carbocycles. The first-order chi connectivity index (χ1) is 26.9. The molecule has 0 spiro atoms. The van der Waals surface area contributed by atoms with Gasteiger partial charge in [0.05, 0.1) is 13.7 Å². The van der Waals surface area contributed by atoms with E-state index < -0.39 is 72.3 Å². The molecule has 0 saturated heterocycles. The SMILES string of the molecule is CCN(CC)CCCC[C@H](NC(=O)[C@H](CC(C)C)NC(=O)[C@H](C)NC(=O)[C@H](Cc1ccccc1)NC(=O)c1ccc(C(C)(C)C)cc1)C(=O)NC(CO)C(=O)OC. The maximum atomic E-state index is 13.8. The van der Waals surface area contributed by atoms with E-state index in [0.29, 0.717) is 12.0 Å². The molecule has 0 fully saturated rings. The summed E-state index contributed by atoms with van der Waals surface area (Å²) in [7, 11) is 1.14. The largest absolute Gasteiger partial charge is 0.467 e. The van der Waals surface area contributed by atoms with Gasteiger partial charge in [0.1, 0.15) is 24.2 Å². The molecule has 0 aromatic heterocycles. The molecule has 14 nitrogen and oxygen atoms in total. The summed E-state index contributed by atoms with van der Waals surface area (Å²) in [6.45, 7) is 17.4. The smallest absolute Gasteiger partial charge is 0.330 e. The molecule has 0 radical (unpaired) electrons. The first-order valence-electron chi connectivity index (χ1n) is 20.0. The number of hydrogen-bond acceptors (Lipinski definition) is 9. The summed E-state index contributed by atoms with van der Waals surface area (Å²) in [5.41, 5.74) is 2.14. The summed E-state index contributed by atoms with van der Waals surface area (Å²) in [5, 5.41) is 23.2. The van der Waals surface area contributed by atoms with Crippen molar-refractivity contribution >= 4 is 35.5 Å². The van der Waals surface area contributed by atoms with Gasteiger partial charge in [0, 0.05) is 12.0 Å². The van der Waals surface area contributed by atoms with Crippen LogP contribution in [-0.4, -0.2) is 109 Å². The number of aliphatic hydroxyl groups excluding tert-OH is 1. The number of rotatable bonds is 23. The number of methoxy groups -OCH3 is 1. The van der Waals surface area contributed by atoms with Gasteiger partial charge in [-0.25, -0.2) is 4.79 Å². The molecule has 0 aliphatic rings. The number of benzene rings is 2. The molecule has 0 saturated carbocycles. The predicted octanol–water partition coefficient (Wildman–Crippen LogP) is 3.01. The van der Waals surface area contributed by atoms with Gasteiger partial charge in [0.15, 0.2) is 6.04 Å². The number of carbonyl (C=O) groups is 6. The average molecular weight is 795 g/mol. The van der Waals surface area contributed by atoms with Crippen LogP contribution >= 0.6 is 0 Å². The van der Waals surface area contributed by atoms with Crippen LogP contribution in [0.5, 0.6) is 0 Å². The van der Waals surface area contributed by atoms with E-state index in [2.05, 4.69) is 70.8 Å². The summed E-state index contributed by atoms with van der Waals surface area (Å²) in [5.74, 6) is -3.85. The zero-order valence-electron chi connectivity index (χ0n) is 35.3. The molecule has 0 aliphatic heterocycles.